The molecule has 0 spiro atoms. The summed E-state index contributed by atoms with van der Waals surface area (Å²) < 4.78 is 0. The molecule has 19 heavy (non-hydrogen) atoms. The van der Waals surface area contributed by atoms with Crippen molar-refractivity contribution in [3.8, 4) is 22.3 Å². The number of benzene rings is 1. The minimum absolute atomic E-state index is 1.11. The molecule has 0 bridgehead atoms. The summed E-state index contributed by atoms with van der Waals surface area (Å²) in [7, 11) is 0. The van der Waals surface area contributed by atoms with Crippen molar-refractivity contribution in [2.75, 3.05) is 0 Å². The number of nitrogens with zero attached hydrogens (tertiary/aromatic N) is 2. The molecule has 2 heterocycles. The highest BCUT2D eigenvalue weighted by Crippen LogP contribution is 2.24. The van der Waals surface area contributed by atoms with Gasteiger partial charge in [0.15, 0.2) is 0 Å². The summed E-state index contributed by atoms with van der Waals surface area (Å²) >= 11 is 0. The number of hydrogen-bond donors (Lipinski definition) is 0. The molecule has 0 N–H and O–H groups in total. The third kappa shape index (κ3) is 2.52. The van der Waals surface area contributed by atoms with Gasteiger partial charge in [0.05, 0.1) is 0 Å². The van der Waals surface area contributed by atoms with E-state index in [0.717, 1.165) is 16.7 Å². The Morgan fingerprint density at radius 3 is 1.84 bits per heavy atom. The summed E-state index contributed by atoms with van der Waals surface area (Å²) in [6.07, 6.45) is 7.38. The van der Waals surface area contributed by atoms with Crippen LogP contribution in [0.4, 0.5) is 0 Å². The highest BCUT2D eigenvalue weighted by atomic mass is 14.6. The summed E-state index contributed by atoms with van der Waals surface area (Å²) in [5, 5.41) is 0. The third-order valence-corrected chi connectivity index (χ3v) is 3.14. The lowest BCUT2D eigenvalue weighted by atomic mass is 10.0. The monoisotopic (exact) mass is 246 g/mol. The molecule has 0 fully saturated rings. The first kappa shape index (κ1) is 11.6. The molecule has 1 aromatic carbocycles. The summed E-state index contributed by atoms with van der Waals surface area (Å²) in [6, 6.07) is 14.6. The van der Waals surface area contributed by atoms with Gasteiger partial charge in [-0.25, -0.2) is 0 Å². The normalized spacial score (nSPS) is 10.4. The standard InChI is InChI=1S/C17H14N2/c1-13-2-4-14(5-3-13)16-10-17(12-19-11-16)15-6-8-18-9-7-15/h2-12H,1H3. The van der Waals surface area contributed by atoms with Crippen LogP contribution in [-0.4, -0.2) is 9.97 Å². The van der Waals surface area contributed by atoms with E-state index < -0.39 is 0 Å². The summed E-state index contributed by atoms with van der Waals surface area (Å²) in [4.78, 5) is 8.38. The van der Waals surface area contributed by atoms with Gasteiger partial charge in [0.25, 0.3) is 0 Å². The second-order valence-electron chi connectivity index (χ2n) is 4.56. The van der Waals surface area contributed by atoms with Crippen molar-refractivity contribution < 1.29 is 0 Å². The molecule has 0 amide bonds. The minimum atomic E-state index is 1.11. The van der Waals surface area contributed by atoms with Crippen LogP contribution >= 0.6 is 0 Å². The van der Waals surface area contributed by atoms with E-state index in [1.54, 1.807) is 12.4 Å². The van der Waals surface area contributed by atoms with Gasteiger partial charge in [0.2, 0.25) is 0 Å². The van der Waals surface area contributed by atoms with Gasteiger partial charge in [-0.3, -0.25) is 9.97 Å². The molecule has 0 saturated heterocycles. The lowest BCUT2D eigenvalue weighted by Crippen LogP contribution is -1.84. The van der Waals surface area contributed by atoms with Gasteiger partial charge in [-0.05, 0) is 36.2 Å². The van der Waals surface area contributed by atoms with E-state index in [4.69, 9.17) is 0 Å². The number of aromatic nitrogens is 2. The molecule has 3 rings (SSSR count). The molecule has 3 aromatic rings. The van der Waals surface area contributed by atoms with Gasteiger partial charge in [0.1, 0.15) is 0 Å². The van der Waals surface area contributed by atoms with Crippen LogP contribution < -0.4 is 0 Å². The summed E-state index contributed by atoms with van der Waals surface area (Å²) in [5.74, 6) is 0. The van der Waals surface area contributed by atoms with Crippen molar-refractivity contribution in [3.05, 3.63) is 72.8 Å². The van der Waals surface area contributed by atoms with Crippen LogP contribution in [0.25, 0.3) is 22.3 Å². The quantitative estimate of drug-likeness (QED) is 0.679. The summed E-state index contributed by atoms with van der Waals surface area (Å²) in [6.45, 7) is 2.09. The number of hydrogen-bond acceptors (Lipinski definition) is 2. The molecule has 0 aliphatic heterocycles. The molecule has 0 aliphatic carbocycles. The van der Waals surface area contributed by atoms with E-state index in [1.165, 1.54) is 11.1 Å². The fourth-order valence-electron chi connectivity index (χ4n) is 2.05. The molecule has 92 valence electrons. The molecule has 0 unspecified atom stereocenters. The topological polar surface area (TPSA) is 25.8 Å². The Morgan fingerprint density at radius 1 is 0.632 bits per heavy atom. The Kier molecular flexibility index (Phi) is 3.07. The maximum atomic E-state index is 4.34. The highest BCUT2D eigenvalue weighted by molar-refractivity contribution is 5.71. The SMILES string of the molecule is Cc1ccc(-c2cncc(-c3ccncc3)c2)cc1. The Hall–Kier alpha value is -2.48. The first-order valence-electron chi connectivity index (χ1n) is 6.25. The average molecular weight is 246 g/mol. The smallest absolute Gasteiger partial charge is 0.0346 e. The third-order valence-electron chi connectivity index (χ3n) is 3.14. The summed E-state index contributed by atoms with van der Waals surface area (Å²) in [5.41, 5.74) is 5.84. The zero-order valence-electron chi connectivity index (χ0n) is 10.7. The van der Waals surface area contributed by atoms with E-state index in [-0.39, 0.29) is 0 Å². The molecule has 0 saturated carbocycles. The molecule has 0 radical (unpaired) electrons. The van der Waals surface area contributed by atoms with Crippen molar-refractivity contribution in [3.63, 3.8) is 0 Å². The number of aryl methyl sites for hydroxylation is 1. The second kappa shape index (κ2) is 5.02. The maximum Gasteiger partial charge on any atom is 0.0346 e. The highest BCUT2D eigenvalue weighted by Gasteiger charge is 2.02. The average Bonchev–Trinajstić information content (AvgIpc) is 2.49. The van der Waals surface area contributed by atoms with Gasteiger partial charge in [-0.2, -0.15) is 0 Å². The zero-order valence-corrected chi connectivity index (χ0v) is 10.7. The minimum Gasteiger partial charge on any atom is -0.265 e. The van der Waals surface area contributed by atoms with Crippen LogP contribution in [-0.2, 0) is 0 Å². The Morgan fingerprint density at radius 2 is 1.21 bits per heavy atom. The molecule has 0 atom stereocenters. The molecule has 2 heteroatoms. The molecular weight excluding hydrogens is 232 g/mol. The fraction of sp³-hybridized carbons (Fsp3) is 0.0588. The number of pyridine rings is 2. The molecule has 0 aliphatic rings. The number of rotatable bonds is 2. The first-order valence-corrected chi connectivity index (χ1v) is 6.25. The van der Waals surface area contributed by atoms with Gasteiger partial charge < -0.3 is 0 Å². The predicted octanol–water partition coefficient (Wildman–Crippen LogP) is 4.12. The zero-order chi connectivity index (χ0) is 13.1. The van der Waals surface area contributed by atoms with E-state index in [9.17, 15) is 0 Å². The molecule has 2 nitrogen and oxygen atoms in total. The van der Waals surface area contributed by atoms with Crippen LogP contribution in [0.3, 0.4) is 0 Å². The Bertz CT molecular complexity index is 673. The van der Waals surface area contributed by atoms with Crippen molar-refractivity contribution in [2.24, 2.45) is 0 Å². The lowest BCUT2D eigenvalue weighted by molar-refractivity contribution is 1.30. The van der Waals surface area contributed by atoms with Crippen LogP contribution in [0.1, 0.15) is 5.56 Å². The van der Waals surface area contributed by atoms with Gasteiger partial charge in [-0.15, -0.1) is 0 Å². The van der Waals surface area contributed by atoms with Crippen LogP contribution in [0.2, 0.25) is 0 Å². The maximum absolute atomic E-state index is 4.34. The van der Waals surface area contributed by atoms with Crippen LogP contribution in [0.5, 0.6) is 0 Å². The van der Waals surface area contributed by atoms with Crippen LogP contribution in [0, 0.1) is 6.92 Å². The van der Waals surface area contributed by atoms with E-state index in [1.807, 2.05) is 24.5 Å². The largest absolute Gasteiger partial charge is 0.265 e. The van der Waals surface area contributed by atoms with Crippen LogP contribution in [0.15, 0.2) is 67.3 Å². The van der Waals surface area contributed by atoms with Gasteiger partial charge in [0, 0.05) is 35.9 Å². The van der Waals surface area contributed by atoms with Gasteiger partial charge >= 0.3 is 0 Å². The Labute approximate surface area is 112 Å². The van der Waals surface area contributed by atoms with Crippen molar-refractivity contribution >= 4 is 0 Å². The Balaban J connectivity index is 2.03. The molecule has 2 aromatic heterocycles. The van der Waals surface area contributed by atoms with Gasteiger partial charge in [-0.1, -0.05) is 29.8 Å². The molecular formula is C17H14N2. The van der Waals surface area contributed by atoms with Crippen molar-refractivity contribution in [1.29, 1.82) is 0 Å². The second-order valence-corrected chi connectivity index (χ2v) is 4.56. The first-order chi connectivity index (χ1) is 9.33. The lowest BCUT2D eigenvalue weighted by Gasteiger charge is -2.05. The van der Waals surface area contributed by atoms with E-state index in [2.05, 4.69) is 47.2 Å². The van der Waals surface area contributed by atoms with Crippen molar-refractivity contribution in [2.45, 2.75) is 6.92 Å². The van der Waals surface area contributed by atoms with E-state index >= 15 is 0 Å². The fourth-order valence-corrected chi connectivity index (χ4v) is 2.05. The predicted molar refractivity (Wildman–Crippen MR) is 77.6 cm³/mol. The van der Waals surface area contributed by atoms with E-state index in [0.29, 0.717) is 0 Å². The van der Waals surface area contributed by atoms with Crippen molar-refractivity contribution in [1.82, 2.24) is 9.97 Å².